The van der Waals surface area contributed by atoms with Crippen LogP contribution in [0.25, 0.3) is 0 Å². The lowest BCUT2D eigenvalue weighted by atomic mass is 10.3. The van der Waals surface area contributed by atoms with Gasteiger partial charge in [-0.05, 0) is 37.4 Å². The number of benzene rings is 1. The van der Waals surface area contributed by atoms with Gasteiger partial charge in [-0.3, -0.25) is 4.31 Å². The van der Waals surface area contributed by atoms with Gasteiger partial charge in [-0.25, -0.2) is 8.42 Å². The van der Waals surface area contributed by atoms with Crippen LogP contribution in [0.4, 0.5) is 5.69 Å². The van der Waals surface area contributed by atoms with Gasteiger partial charge in [0.25, 0.3) is 10.0 Å². The number of thiophene rings is 1. The van der Waals surface area contributed by atoms with Crippen molar-refractivity contribution in [3.8, 4) is 5.75 Å². The van der Waals surface area contributed by atoms with Crippen LogP contribution in [-0.4, -0.2) is 29.6 Å². The summed E-state index contributed by atoms with van der Waals surface area (Å²) in [6.07, 6.45) is 0. The maximum absolute atomic E-state index is 12.6. The molecule has 5 nitrogen and oxygen atoms in total. The summed E-state index contributed by atoms with van der Waals surface area (Å²) in [6, 6.07) is 8.62. The molecule has 2 aromatic rings. The quantitative estimate of drug-likeness (QED) is 0.885. The summed E-state index contributed by atoms with van der Waals surface area (Å²) >= 11 is 1.43. The van der Waals surface area contributed by atoms with E-state index in [0.717, 1.165) is 4.88 Å². The first-order valence-electron chi connectivity index (χ1n) is 6.34. The number of methoxy groups -OCH3 is 1. The second-order valence-corrected chi connectivity index (χ2v) is 7.41. The van der Waals surface area contributed by atoms with Gasteiger partial charge in [0.2, 0.25) is 0 Å². The summed E-state index contributed by atoms with van der Waals surface area (Å²) in [5.74, 6) is 0.691. The number of hydrogen-bond donors (Lipinski definition) is 1. The fourth-order valence-corrected chi connectivity index (χ4v) is 4.32. The molecule has 0 bridgehead atoms. The van der Waals surface area contributed by atoms with Crippen molar-refractivity contribution in [3.05, 3.63) is 40.6 Å². The molecule has 0 fully saturated rings. The molecule has 114 valence electrons. The Labute approximate surface area is 129 Å². The first kappa shape index (κ1) is 15.8. The molecule has 0 radical (unpaired) electrons. The Morgan fingerprint density at radius 1 is 1.29 bits per heavy atom. The maximum Gasteiger partial charge on any atom is 0.264 e. The van der Waals surface area contributed by atoms with Gasteiger partial charge in [0.05, 0.1) is 17.7 Å². The molecule has 1 N–H and O–H groups in total. The summed E-state index contributed by atoms with van der Waals surface area (Å²) in [7, 11) is 1.42. The molecule has 2 rings (SSSR count). The van der Waals surface area contributed by atoms with E-state index in [9.17, 15) is 8.42 Å². The summed E-state index contributed by atoms with van der Waals surface area (Å²) in [6.45, 7) is 0.659. The van der Waals surface area contributed by atoms with Gasteiger partial charge in [-0.15, -0.1) is 11.3 Å². The number of ether oxygens (including phenoxy) is 1. The SMILES string of the molecule is CNCc1cc(S(=O)(=O)N(C)c2ccc(OC)cc2)cs1. The van der Waals surface area contributed by atoms with Gasteiger partial charge in [0.15, 0.2) is 0 Å². The van der Waals surface area contributed by atoms with E-state index in [1.165, 1.54) is 15.6 Å². The number of sulfonamides is 1. The minimum absolute atomic E-state index is 0.316. The highest BCUT2D eigenvalue weighted by Gasteiger charge is 2.22. The average molecular weight is 326 g/mol. The van der Waals surface area contributed by atoms with Gasteiger partial charge in [-0.2, -0.15) is 0 Å². The van der Waals surface area contributed by atoms with Gasteiger partial charge >= 0.3 is 0 Å². The first-order valence-corrected chi connectivity index (χ1v) is 8.66. The topological polar surface area (TPSA) is 58.6 Å². The highest BCUT2D eigenvalue weighted by atomic mass is 32.2. The normalized spacial score (nSPS) is 11.4. The molecular weight excluding hydrogens is 308 g/mol. The second kappa shape index (κ2) is 6.46. The lowest BCUT2D eigenvalue weighted by molar-refractivity contribution is 0.415. The van der Waals surface area contributed by atoms with Crippen molar-refractivity contribution in [2.75, 3.05) is 25.5 Å². The van der Waals surface area contributed by atoms with Gasteiger partial charge in [0.1, 0.15) is 5.75 Å². The molecule has 21 heavy (non-hydrogen) atoms. The van der Waals surface area contributed by atoms with E-state index in [1.807, 2.05) is 7.05 Å². The Kier molecular flexibility index (Phi) is 4.87. The molecule has 1 heterocycles. The lowest BCUT2D eigenvalue weighted by Crippen LogP contribution is -2.26. The predicted octanol–water partition coefficient (Wildman–Crippen LogP) is 2.30. The van der Waals surface area contributed by atoms with Crippen LogP contribution >= 0.6 is 11.3 Å². The third-order valence-electron chi connectivity index (χ3n) is 3.08. The van der Waals surface area contributed by atoms with E-state index < -0.39 is 10.0 Å². The summed E-state index contributed by atoms with van der Waals surface area (Å²) in [4.78, 5) is 1.30. The van der Waals surface area contributed by atoms with Crippen LogP contribution in [-0.2, 0) is 16.6 Å². The van der Waals surface area contributed by atoms with Gasteiger partial charge < -0.3 is 10.1 Å². The van der Waals surface area contributed by atoms with Crippen LogP contribution in [0, 0.1) is 0 Å². The van der Waals surface area contributed by atoms with Crippen molar-refractivity contribution in [1.29, 1.82) is 0 Å². The number of nitrogens with zero attached hydrogens (tertiary/aromatic N) is 1. The molecule has 0 saturated heterocycles. The number of hydrogen-bond acceptors (Lipinski definition) is 5. The molecular formula is C14H18N2O3S2. The van der Waals surface area contributed by atoms with Crippen LogP contribution < -0.4 is 14.4 Å². The Balaban J connectivity index is 2.28. The third-order valence-corrected chi connectivity index (χ3v) is 5.92. The molecule has 1 aromatic carbocycles. The van der Waals surface area contributed by atoms with Gasteiger partial charge in [-0.1, -0.05) is 0 Å². The molecule has 1 aromatic heterocycles. The van der Waals surface area contributed by atoms with E-state index in [-0.39, 0.29) is 0 Å². The summed E-state index contributed by atoms with van der Waals surface area (Å²) in [5, 5.41) is 4.68. The smallest absolute Gasteiger partial charge is 0.264 e. The monoisotopic (exact) mass is 326 g/mol. The fourth-order valence-electron chi connectivity index (χ4n) is 1.85. The van der Waals surface area contributed by atoms with E-state index in [1.54, 1.807) is 49.9 Å². The van der Waals surface area contributed by atoms with Crippen molar-refractivity contribution in [3.63, 3.8) is 0 Å². The highest BCUT2D eigenvalue weighted by molar-refractivity contribution is 7.93. The Hall–Kier alpha value is -1.57. The average Bonchev–Trinajstić information content (AvgIpc) is 2.96. The molecule has 0 aliphatic carbocycles. The lowest BCUT2D eigenvalue weighted by Gasteiger charge is -2.18. The first-order chi connectivity index (χ1) is 9.98. The molecule has 0 atom stereocenters. The standard InChI is InChI=1S/C14H18N2O3S2/c1-15-9-13-8-14(10-20-13)21(17,18)16(2)11-4-6-12(19-3)7-5-11/h4-8,10,15H,9H2,1-3H3. The van der Waals surface area contributed by atoms with Crippen LogP contribution in [0.1, 0.15) is 4.88 Å². The highest BCUT2D eigenvalue weighted by Crippen LogP contribution is 2.27. The molecule has 0 unspecified atom stereocenters. The predicted molar refractivity (Wildman–Crippen MR) is 85.7 cm³/mol. The fraction of sp³-hybridized carbons (Fsp3) is 0.286. The minimum Gasteiger partial charge on any atom is -0.497 e. The summed E-state index contributed by atoms with van der Waals surface area (Å²) < 4.78 is 31.5. The zero-order valence-electron chi connectivity index (χ0n) is 12.2. The Morgan fingerprint density at radius 3 is 2.52 bits per heavy atom. The Bertz CT molecular complexity index is 693. The van der Waals surface area contributed by atoms with Crippen molar-refractivity contribution < 1.29 is 13.2 Å². The Morgan fingerprint density at radius 2 is 1.95 bits per heavy atom. The van der Waals surface area contributed by atoms with Crippen molar-refractivity contribution in [2.24, 2.45) is 0 Å². The van der Waals surface area contributed by atoms with Crippen molar-refractivity contribution in [2.45, 2.75) is 11.4 Å². The zero-order chi connectivity index (χ0) is 15.5. The largest absolute Gasteiger partial charge is 0.497 e. The molecule has 7 heteroatoms. The van der Waals surface area contributed by atoms with Crippen molar-refractivity contribution in [1.82, 2.24) is 5.32 Å². The summed E-state index contributed by atoms with van der Waals surface area (Å²) in [5.41, 5.74) is 0.595. The van der Waals surface area contributed by atoms with Crippen molar-refractivity contribution >= 4 is 27.0 Å². The van der Waals surface area contributed by atoms with Crippen LogP contribution in [0.15, 0.2) is 40.6 Å². The number of anilines is 1. The molecule has 0 saturated carbocycles. The molecule has 0 amide bonds. The maximum atomic E-state index is 12.6. The zero-order valence-corrected chi connectivity index (χ0v) is 13.8. The third kappa shape index (κ3) is 3.37. The van der Waals surface area contributed by atoms with E-state index in [4.69, 9.17) is 4.74 Å². The molecule has 0 spiro atoms. The van der Waals surface area contributed by atoms with Crippen LogP contribution in [0.3, 0.4) is 0 Å². The van der Waals surface area contributed by atoms with E-state index in [0.29, 0.717) is 22.9 Å². The molecule has 0 aliphatic heterocycles. The van der Waals surface area contributed by atoms with Crippen LogP contribution in [0.2, 0.25) is 0 Å². The van der Waals surface area contributed by atoms with E-state index in [2.05, 4.69) is 5.32 Å². The van der Waals surface area contributed by atoms with Gasteiger partial charge in [0, 0.05) is 23.8 Å². The minimum atomic E-state index is -3.53. The van der Waals surface area contributed by atoms with Crippen LogP contribution in [0.5, 0.6) is 5.75 Å². The number of rotatable bonds is 6. The second-order valence-electron chi connectivity index (χ2n) is 4.45. The van der Waals surface area contributed by atoms with E-state index >= 15 is 0 Å². The number of nitrogens with one attached hydrogen (secondary N) is 1. The molecule has 0 aliphatic rings.